The van der Waals surface area contributed by atoms with Crippen LogP contribution < -0.4 is 4.90 Å². The summed E-state index contributed by atoms with van der Waals surface area (Å²) < 4.78 is 19.2. The first-order chi connectivity index (χ1) is 15.4. The summed E-state index contributed by atoms with van der Waals surface area (Å²) in [5.74, 6) is -2.39. The Labute approximate surface area is 183 Å². The molecule has 4 aromatic rings. The molecule has 32 heavy (non-hydrogen) atoms. The summed E-state index contributed by atoms with van der Waals surface area (Å²) in [6.07, 6.45) is 0. The van der Waals surface area contributed by atoms with Crippen LogP contribution in [-0.4, -0.2) is 16.8 Å². The van der Waals surface area contributed by atoms with Crippen molar-refractivity contribution in [3.63, 3.8) is 0 Å². The van der Waals surface area contributed by atoms with Gasteiger partial charge in [0.2, 0.25) is 5.78 Å². The molecule has 0 saturated carbocycles. The predicted octanol–water partition coefficient (Wildman–Crippen LogP) is 5.66. The Morgan fingerprint density at radius 3 is 2.47 bits per heavy atom. The summed E-state index contributed by atoms with van der Waals surface area (Å²) in [5.41, 5.74) is 2.38. The molecule has 2 heterocycles. The molecule has 1 atom stereocenters. The minimum Gasteiger partial charge on any atom is -0.503 e. The molecular weight excluding hydrogens is 409 g/mol. The summed E-state index contributed by atoms with van der Waals surface area (Å²) in [7, 11) is 0. The van der Waals surface area contributed by atoms with Crippen LogP contribution in [0.2, 0.25) is 0 Å². The van der Waals surface area contributed by atoms with Crippen molar-refractivity contribution in [3.05, 3.63) is 113 Å². The fourth-order valence-corrected chi connectivity index (χ4v) is 4.09. The number of aliphatic hydroxyl groups is 1. The number of carbonyl (C=O) groups excluding carboxylic acids is 2. The third kappa shape index (κ3) is 3.17. The SMILES string of the molecule is Cc1cccc(C2C(C(=O)c3cc4ccccc4o3)=C(O)C(=O)N2c2ccc(F)cc2)c1. The van der Waals surface area contributed by atoms with Crippen LogP contribution in [0.5, 0.6) is 0 Å². The van der Waals surface area contributed by atoms with E-state index in [-0.39, 0.29) is 11.3 Å². The molecule has 5 nitrogen and oxygen atoms in total. The van der Waals surface area contributed by atoms with Crippen LogP contribution in [0.1, 0.15) is 27.7 Å². The fraction of sp³-hybridized carbons (Fsp3) is 0.0769. The van der Waals surface area contributed by atoms with Crippen molar-refractivity contribution < 1.29 is 23.5 Å². The molecule has 1 amide bonds. The highest BCUT2D eigenvalue weighted by Gasteiger charge is 2.45. The van der Waals surface area contributed by atoms with Crippen molar-refractivity contribution in [3.8, 4) is 0 Å². The van der Waals surface area contributed by atoms with Gasteiger partial charge in [0.1, 0.15) is 11.4 Å². The van der Waals surface area contributed by atoms with Gasteiger partial charge in [0.05, 0.1) is 11.6 Å². The van der Waals surface area contributed by atoms with Gasteiger partial charge >= 0.3 is 0 Å². The topological polar surface area (TPSA) is 70.7 Å². The molecule has 1 unspecified atom stereocenters. The zero-order valence-corrected chi connectivity index (χ0v) is 17.1. The van der Waals surface area contributed by atoms with Gasteiger partial charge in [-0.05, 0) is 48.9 Å². The second kappa shape index (κ2) is 7.50. The van der Waals surface area contributed by atoms with E-state index >= 15 is 0 Å². The lowest BCUT2D eigenvalue weighted by Crippen LogP contribution is -2.31. The Bertz CT molecular complexity index is 1370. The first-order valence-corrected chi connectivity index (χ1v) is 10.1. The fourth-order valence-electron chi connectivity index (χ4n) is 4.09. The molecule has 0 aliphatic carbocycles. The smallest absolute Gasteiger partial charge is 0.294 e. The number of aryl methyl sites for hydroxylation is 1. The second-order valence-electron chi connectivity index (χ2n) is 7.71. The molecule has 158 valence electrons. The number of furan rings is 1. The standard InChI is InChI=1S/C26H18FNO4/c1-15-5-4-7-17(13-15)23-22(24(29)21-14-16-6-2-3-8-20(16)32-21)25(30)26(31)28(23)19-11-9-18(27)10-12-19/h2-14,23,30H,1H3. The van der Waals surface area contributed by atoms with Crippen LogP contribution in [0, 0.1) is 12.7 Å². The number of amides is 1. The van der Waals surface area contributed by atoms with Crippen LogP contribution in [0.3, 0.4) is 0 Å². The number of carbonyl (C=O) groups is 2. The van der Waals surface area contributed by atoms with Crippen molar-refractivity contribution in [2.45, 2.75) is 13.0 Å². The highest BCUT2D eigenvalue weighted by molar-refractivity contribution is 6.20. The van der Waals surface area contributed by atoms with Crippen molar-refractivity contribution in [1.82, 2.24) is 0 Å². The summed E-state index contributed by atoms with van der Waals surface area (Å²) in [6, 6.07) is 20.6. The molecule has 0 spiro atoms. The average Bonchev–Trinajstić information content (AvgIpc) is 3.33. The van der Waals surface area contributed by atoms with Crippen LogP contribution in [0.4, 0.5) is 10.1 Å². The Kier molecular flexibility index (Phi) is 4.63. The maximum absolute atomic E-state index is 13.5. The van der Waals surface area contributed by atoms with Crippen molar-refractivity contribution in [2.75, 3.05) is 4.90 Å². The van der Waals surface area contributed by atoms with Gasteiger partial charge in [0, 0.05) is 11.1 Å². The van der Waals surface area contributed by atoms with Gasteiger partial charge in [-0.2, -0.15) is 0 Å². The zero-order valence-electron chi connectivity index (χ0n) is 17.1. The molecule has 6 heteroatoms. The van der Waals surface area contributed by atoms with Crippen molar-refractivity contribution >= 4 is 28.3 Å². The maximum Gasteiger partial charge on any atom is 0.294 e. The summed E-state index contributed by atoms with van der Waals surface area (Å²) in [4.78, 5) is 27.9. The lowest BCUT2D eigenvalue weighted by Gasteiger charge is -2.27. The van der Waals surface area contributed by atoms with Gasteiger partial charge in [-0.25, -0.2) is 4.39 Å². The van der Waals surface area contributed by atoms with E-state index < -0.39 is 29.3 Å². The summed E-state index contributed by atoms with van der Waals surface area (Å²) in [6.45, 7) is 1.90. The molecule has 1 N–H and O–H groups in total. The first kappa shape index (κ1) is 19.8. The number of Topliss-reactive ketones (excluding diaryl/α,β-unsaturated/α-hetero) is 1. The van der Waals surface area contributed by atoms with E-state index in [0.717, 1.165) is 10.9 Å². The van der Waals surface area contributed by atoms with Crippen LogP contribution in [0.25, 0.3) is 11.0 Å². The van der Waals surface area contributed by atoms with E-state index in [2.05, 4.69) is 0 Å². The Hall–Kier alpha value is -4.19. The average molecular weight is 427 g/mol. The molecular formula is C26H18FNO4. The second-order valence-corrected chi connectivity index (χ2v) is 7.71. The van der Waals surface area contributed by atoms with Gasteiger partial charge in [0.25, 0.3) is 5.91 Å². The number of benzene rings is 3. The number of halogens is 1. The molecule has 1 aliphatic rings. The minimum atomic E-state index is -0.895. The maximum atomic E-state index is 13.5. The molecule has 5 rings (SSSR count). The van der Waals surface area contributed by atoms with Gasteiger partial charge in [-0.15, -0.1) is 0 Å². The van der Waals surface area contributed by atoms with Gasteiger partial charge in [-0.3, -0.25) is 14.5 Å². The van der Waals surface area contributed by atoms with Crippen molar-refractivity contribution in [2.24, 2.45) is 0 Å². The molecule has 3 aromatic carbocycles. The van der Waals surface area contributed by atoms with Gasteiger partial charge < -0.3 is 9.52 Å². The zero-order chi connectivity index (χ0) is 22.4. The highest BCUT2D eigenvalue weighted by atomic mass is 19.1. The third-order valence-corrected chi connectivity index (χ3v) is 5.56. The normalized spacial score (nSPS) is 16.2. The summed E-state index contributed by atoms with van der Waals surface area (Å²) in [5, 5.41) is 11.5. The van der Waals surface area contributed by atoms with E-state index in [0.29, 0.717) is 16.8 Å². The molecule has 0 saturated heterocycles. The third-order valence-electron chi connectivity index (χ3n) is 5.56. The number of ketones is 1. The lowest BCUT2D eigenvalue weighted by molar-refractivity contribution is -0.117. The number of nitrogens with zero attached hydrogens (tertiary/aromatic N) is 1. The molecule has 0 radical (unpaired) electrons. The minimum absolute atomic E-state index is 0.0270. The number of rotatable bonds is 4. The number of aliphatic hydroxyl groups excluding tert-OH is 1. The monoisotopic (exact) mass is 427 g/mol. The van der Waals surface area contributed by atoms with Gasteiger partial charge in [-0.1, -0.05) is 48.0 Å². The quantitative estimate of drug-likeness (QED) is 0.427. The number of anilines is 1. The molecule has 0 bridgehead atoms. The molecule has 1 aromatic heterocycles. The van der Waals surface area contributed by atoms with Crippen LogP contribution >= 0.6 is 0 Å². The van der Waals surface area contributed by atoms with E-state index in [1.807, 2.05) is 37.3 Å². The van der Waals surface area contributed by atoms with E-state index in [1.165, 1.54) is 29.2 Å². The van der Waals surface area contributed by atoms with Crippen LogP contribution in [-0.2, 0) is 4.79 Å². The lowest BCUT2D eigenvalue weighted by atomic mass is 9.94. The molecule has 1 aliphatic heterocycles. The Balaban J connectivity index is 1.67. The highest BCUT2D eigenvalue weighted by Crippen LogP contribution is 2.42. The van der Waals surface area contributed by atoms with Crippen LogP contribution in [0.15, 0.2) is 94.6 Å². The van der Waals surface area contributed by atoms with Crippen molar-refractivity contribution in [1.29, 1.82) is 0 Å². The van der Waals surface area contributed by atoms with E-state index in [4.69, 9.17) is 4.42 Å². The largest absolute Gasteiger partial charge is 0.503 e. The Morgan fingerprint density at radius 2 is 1.75 bits per heavy atom. The Morgan fingerprint density at radius 1 is 1.00 bits per heavy atom. The predicted molar refractivity (Wildman–Crippen MR) is 118 cm³/mol. The first-order valence-electron chi connectivity index (χ1n) is 10.1. The molecule has 0 fully saturated rings. The number of hydrogen-bond donors (Lipinski definition) is 1. The number of fused-ring (bicyclic) bond motifs is 1. The van der Waals surface area contributed by atoms with E-state index in [1.54, 1.807) is 24.3 Å². The number of para-hydroxylation sites is 1. The van der Waals surface area contributed by atoms with Gasteiger partial charge in [0.15, 0.2) is 11.5 Å². The number of hydrogen-bond acceptors (Lipinski definition) is 4. The van der Waals surface area contributed by atoms with E-state index in [9.17, 15) is 19.1 Å². The summed E-state index contributed by atoms with van der Waals surface area (Å²) >= 11 is 0.